The Bertz CT molecular complexity index is 1210. The van der Waals surface area contributed by atoms with Crippen LogP contribution >= 0.6 is 0 Å². The highest BCUT2D eigenvalue weighted by Crippen LogP contribution is 2.32. The van der Waals surface area contributed by atoms with E-state index in [2.05, 4.69) is 0 Å². The minimum atomic E-state index is -2.05. The van der Waals surface area contributed by atoms with Crippen molar-refractivity contribution in [3.63, 3.8) is 0 Å². The molecule has 0 amide bonds. The first-order valence-corrected chi connectivity index (χ1v) is 17.6. The highest BCUT2D eigenvalue weighted by atomic mass is 16.8. The summed E-state index contributed by atoms with van der Waals surface area (Å²) in [6, 6.07) is 0. The second kappa shape index (κ2) is 19.6. The van der Waals surface area contributed by atoms with Crippen LogP contribution < -0.4 is 0 Å². The maximum atomic E-state index is 11.2. The van der Waals surface area contributed by atoms with Gasteiger partial charge in [-0.15, -0.1) is 0 Å². The van der Waals surface area contributed by atoms with Crippen LogP contribution in [-0.2, 0) is 42.6 Å². The molecule has 0 aliphatic carbocycles. The van der Waals surface area contributed by atoms with E-state index in [1.165, 1.54) is 0 Å². The minimum absolute atomic E-state index is 0.679. The van der Waals surface area contributed by atoms with Crippen LogP contribution in [0.4, 0.5) is 0 Å². The quantitative estimate of drug-likeness (QED) is 0.0819. The van der Waals surface area contributed by atoms with Gasteiger partial charge in [0, 0.05) is 0 Å². The molecule has 5 fully saturated rings. The third-order valence-electron chi connectivity index (χ3n) is 10.3. The van der Waals surface area contributed by atoms with Crippen LogP contribution in [0.1, 0.15) is 0 Å². The predicted octanol–water partition coefficient (Wildman–Crippen LogP) is -11.9. The van der Waals surface area contributed by atoms with Crippen LogP contribution in [0.2, 0.25) is 0 Å². The summed E-state index contributed by atoms with van der Waals surface area (Å²) >= 11 is 0. The Hall–Kier alpha value is -1.04. The summed E-state index contributed by atoms with van der Waals surface area (Å²) in [7, 11) is 0. The summed E-state index contributed by atoms with van der Waals surface area (Å²) in [4.78, 5) is 0. The molecule has 5 heterocycles. The first-order chi connectivity index (χ1) is 26.4. The van der Waals surface area contributed by atoms with Crippen LogP contribution in [0.25, 0.3) is 0 Å². The Morgan fingerprint density at radius 3 is 1.07 bits per heavy atom. The van der Waals surface area contributed by atoms with E-state index in [0.29, 0.717) is 0 Å². The first-order valence-electron chi connectivity index (χ1n) is 17.6. The molecule has 56 heavy (non-hydrogen) atoms. The highest BCUT2D eigenvalue weighted by molar-refractivity contribution is 4.96. The SMILES string of the molecule is OC[C@H]1O[C@H](OC[C@H]2O[C@H](O[C@@H]3[C@@H](O)[C@@H](OC[C@H]4O[C@@H](OC[C@H]5O[C@H](O)[C@H](O)[C@@H](O)[C@@H]5O)[C@H](O)[C@@H](O)[C@@H]4O)O[C@H](CO)[C@H]3O)[C@H](O)[C@@H](O)[C@@H]2O)[C@H](O)[C@@H](O)[C@@H]1O. The fourth-order valence-corrected chi connectivity index (χ4v) is 6.71. The fourth-order valence-electron chi connectivity index (χ4n) is 6.71. The van der Waals surface area contributed by atoms with Crippen molar-refractivity contribution in [2.24, 2.45) is 0 Å². The molecule has 0 unspecified atom stereocenters. The van der Waals surface area contributed by atoms with Crippen molar-refractivity contribution in [2.75, 3.05) is 33.0 Å². The van der Waals surface area contributed by atoms with E-state index in [1.54, 1.807) is 0 Å². The summed E-state index contributed by atoms with van der Waals surface area (Å²) < 4.78 is 48.6. The molecule has 0 aromatic heterocycles. The first kappa shape index (κ1) is 46.0. The summed E-state index contributed by atoms with van der Waals surface area (Å²) in [6.45, 7) is -3.84. The monoisotopic (exact) mass is 828 g/mol. The lowest BCUT2D eigenvalue weighted by molar-refractivity contribution is -0.370. The van der Waals surface area contributed by atoms with Crippen molar-refractivity contribution < 1.29 is 129 Å². The van der Waals surface area contributed by atoms with Gasteiger partial charge < -0.3 is 129 Å². The third kappa shape index (κ3) is 9.61. The van der Waals surface area contributed by atoms with Gasteiger partial charge in [0.15, 0.2) is 31.5 Å². The summed E-state index contributed by atoms with van der Waals surface area (Å²) in [5.41, 5.74) is 0. The lowest BCUT2D eigenvalue weighted by Crippen LogP contribution is -2.65. The molecular weight excluding hydrogens is 776 g/mol. The topological polar surface area (TPSA) is 427 Å². The van der Waals surface area contributed by atoms with E-state index in [9.17, 15) is 86.8 Å². The third-order valence-corrected chi connectivity index (χ3v) is 10.3. The second-order valence-electron chi connectivity index (χ2n) is 14.1. The molecule has 17 N–H and O–H groups in total. The van der Waals surface area contributed by atoms with Gasteiger partial charge in [-0.2, -0.15) is 0 Å². The highest BCUT2D eigenvalue weighted by Gasteiger charge is 2.53. The molecule has 26 heteroatoms. The van der Waals surface area contributed by atoms with Crippen molar-refractivity contribution in [3.8, 4) is 0 Å². The molecule has 5 rings (SSSR count). The Morgan fingerprint density at radius 1 is 0.304 bits per heavy atom. The molecule has 328 valence electrons. The van der Waals surface area contributed by atoms with Gasteiger partial charge in [0.2, 0.25) is 0 Å². The fraction of sp³-hybridized carbons (Fsp3) is 1.00. The number of aliphatic hydroxyl groups is 17. The predicted molar refractivity (Wildman–Crippen MR) is 167 cm³/mol. The molecule has 25 atom stereocenters. The van der Waals surface area contributed by atoms with Crippen molar-refractivity contribution in [3.05, 3.63) is 0 Å². The molecule has 0 spiro atoms. The largest absolute Gasteiger partial charge is 0.394 e. The lowest BCUT2D eigenvalue weighted by atomic mass is 9.96. The van der Waals surface area contributed by atoms with Crippen molar-refractivity contribution in [1.29, 1.82) is 0 Å². The van der Waals surface area contributed by atoms with Crippen molar-refractivity contribution in [1.82, 2.24) is 0 Å². The Morgan fingerprint density at radius 2 is 0.625 bits per heavy atom. The van der Waals surface area contributed by atoms with Crippen LogP contribution in [-0.4, -0.2) is 273 Å². The molecule has 5 saturated heterocycles. The second-order valence-corrected chi connectivity index (χ2v) is 14.1. The van der Waals surface area contributed by atoms with Gasteiger partial charge in [0.25, 0.3) is 0 Å². The van der Waals surface area contributed by atoms with Crippen LogP contribution in [0.5, 0.6) is 0 Å². The summed E-state index contributed by atoms with van der Waals surface area (Å²) in [5, 5.41) is 174. The average Bonchev–Trinajstić information content (AvgIpc) is 3.18. The van der Waals surface area contributed by atoms with Gasteiger partial charge in [-0.3, -0.25) is 0 Å². The maximum Gasteiger partial charge on any atom is 0.187 e. The van der Waals surface area contributed by atoms with Crippen LogP contribution in [0.3, 0.4) is 0 Å². The molecule has 0 aromatic rings. The summed E-state index contributed by atoms with van der Waals surface area (Å²) in [5.74, 6) is 0. The van der Waals surface area contributed by atoms with Gasteiger partial charge in [-0.1, -0.05) is 0 Å². The number of aliphatic hydroxyl groups excluding tert-OH is 17. The van der Waals surface area contributed by atoms with Gasteiger partial charge in [-0.25, -0.2) is 0 Å². The molecule has 0 saturated carbocycles. The molecule has 5 aliphatic rings. The normalized spacial score (nSPS) is 53.2. The Labute approximate surface area is 316 Å². The molecule has 0 bridgehead atoms. The Kier molecular flexibility index (Phi) is 16.1. The van der Waals surface area contributed by atoms with Crippen molar-refractivity contribution >= 4 is 0 Å². The van der Waals surface area contributed by atoms with Gasteiger partial charge in [-0.05, 0) is 0 Å². The van der Waals surface area contributed by atoms with E-state index >= 15 is 0 Å². The van der Waals surface area contributed by atoms with E-state index in [0.717, 1.165) is 0 Å². The standard InChI is InChI=1S/C30H52O26/c31-1-6-11(33)17(39)21(43)27(52-6)49-5-10-14(36)19(41)23(45)30(55-10)56-25-15(37)7(2-32)53-29(24(25)46)50-4-9-13(35)18(40)22(44)28(54-9)48-3-8-12(34)16(38)20(42)26(47)51-8/h6-47H,1-5H2/t6-,7-,8-,9-,10-,11-,12-,13-,14-,15-,16+,17+,18+,19+,20-,21-,22-,23-,24-,25+,26+,27+,28-,29+,30-/m1/s1. The lowest BCUT2D eigenvalue weighted by Gasteiger charge is -2.47. The minimum Gasteiger partial charge on any atom is -0.394 e. The Balaban J connectivity index is 1.20. The molecule has 5 aliphatic heterocycles. The van der Waals surface area contributed by atoms with Crippen LogP contribution in [0.15, 0.2) is 0 Å². The van der Waals surface area contributed by atoms with Crippen molar-refractivity contribution in [2.45, 2.75) is 154 Å². The summed E-state index contributed by atoms with van der Waals surface area (Å²) in [6.07, 6.45) is -44.8. The molecule has 0 aromatic carbocycles. The van der Waals surface area contributed by atoms with E-state index in [1.807, 2.05) is 0 Å². The van der Waals surface area contributed by atoms with Gasteiger partial charge >= 0.3 is 0 Å². The van der Waals surface area contributed by atoms with Gasteiger partial charge in [0.1, 0.15) is 122 Å². The number of hydrogen-bond acceptors (Lipinski definition) is 26. The maximum absolute atomic E-state index is 11.2. The smallest absolute Gasteiger partial charge is 0.187 e. The van der Waals surface area contributed by atoms with Crippen LogP contribution in [0, 0.1) is 0 Å². The molecule has 26 nitrogen and oxygen atoms in total. The van der Waals surface area contributed by atoms with E-state index in [4.69, 9.17) is 42.6 Å². The zero-order chi connectivity index (χ0) is 41.3. The molecular formula is C30H52O26. The van der Waals surface area contributed by atoms with Gasteiger partial charge in [0.05, 0.1) is 33.0 Å². The number of hydrogen-bond donors (Lipinski definition) is 17. The molecule has 0 radical (unpaired) electrons. The average molecular weight is 829 g/mol. The van der Waals surface area contributed by atoms with E-state index in [-0.39, 0.29) is 0 Å². The number of rotatable bonds is 13. The zero-order valence-electron chi connectivity index (χ0n) is 29.2. The number of ether oxygens (including phenoxy) is 9. The van der Waals surface area contributed by atoms with E-state index < -0.39 is 187 Å². The zero-order valence-corrected chi connectivity index (χ0v) is 29.2.